The maximum Gasteiger partial charge on any atom is 0.171 e. The van der Waals surface area contributed by atoms with Gasteiger partial charge in [-0.05, 0) is 18.9 Å². The third-order valence-electron chi connectivity index (χ3n) is 2.55. The molecule has 0 saturated heterocycles. The predicted molar refractivity (Wildman–Crippen MR) is 51.5 cm³/mol. The Bertz CT molecular complexity index is 339. The summed E-state index contributed by atoms with van der Waals surface area (Å²) in [5.74, 6) is -0.0524. The van der Waals surface area contributed by atoms with Crippen LogP contribution >= 0.6 is 0 Å². The van der Waals surface area contributed by atoms with Gasteiger partial charge in [0.25, 0.3) is 0 Å². The molecular formula is C10H13FN2O. The monoisotopic (exact) mass is 196 g/mol. The molecule has 1 aliphatic rings. The zero-order chi connectivity index (χ0) is 10.1. The van der Waals surface area contributed by atoms with E-state index in [0.717, 1.165) is 12.8 Å². The van der Waals surface area contributed by atoms with E-state index in [1.807, 2.05) is 11.9 Å². The minimum atomic E-state index is -0.399. The molecule has 0 atom stereocenters. The zero-order valence-corrected chi connectivity index (χ0v) is 8.07. The molecule has 1 aromatic rings. The molecule has 1 aromatic heterocycles. The van der Waals surface area contributed by atoms with E-state index in [1.165, 1.54) is 12.3 Å². The van der Waals surface area contributed by atoms with Crippen LogP contribution in [0.15, 0.2) is 12.3 Å². The Morgan fingerprint density at radius 1 is 1.64 bits per heavy atom. The molecule has 0 unspecified atom stereocenters. The molecule has 14 heavy (non-hydrogen) atoms. The molecule has 1 heterocycles. The SMILES string of the molecule is CN(c1nccc(CO)c1F)C1CC1. The maximum absolute atomic E-state index is 13.6. The molecule has 1 fully saturated rings. The molecule has 0 spiro atoms. The van der Waals surface area contributed by atoms with Crippen molar-refractivity contribution in [3.63, 3.8) is 0 Å². The number of rotatable bonds is 3. The van der Waals surface area contributed by atoms with Crippen LogP contribution in [0, 0.1) is 5.82 Å². The van der Waals surface area contributed by atoms with E-state index < -0.39 is 5.82 Å². The van der Waals surface area contributed by atoms with Crippen molar-refractivity contribution in [1.82, 2.24) is 4.98 Å². The molecular weight excluding hydrogens is 183 g/mol. The van der Waals surface area contributed by atoms with Crippen molar-refractivity contribution in [2.45, 2.75) is 25.5 Å². The van der Waals surface area contributed by atoms with Crippen molar-refractivity contribution in [1.29, 1.82) is 0 Å². The summed E-state index contributed by atoms with van der Waals surface area (Å²) in [4.78, 5) is 5.83. The first-order valence-corrected chi connectivity index (χ1v) is 4.71. The van der Waals surface area contributed by atoms with E-state index in [9.17, 15) is 4.39 Å². The summed E-state index contributed by atoms with van der Waals surface area (Å²) in [6, 6.07) is 1.92. The highest BCUT2D eigenvalue weighted by atomic mass is 19.1. The summed E-state index contributed by atoms with van der Waals surface area (Å²) < 4.78 is 13.6. The Morgan fingerprint density at radius 2 is 2.36 bits per heavy atom. The number of hydrogen-bond acceptors (Lipinski definition) is 3. The molecule has 2 rings (SSSR count). The minimum absolute atomic E-state index is 0.278. The third-order valence-corrected chi connectivity index (χ3v) is 2.55. The summed E-state index contributed by atoms with van der Waals surface area (Å²) in [6.07, 6.45) is 3.73. The Labute approximate surface area is 82.2 Å². The second kappa shape index (κ2) is 3.53. The normalized spacial score (nSPS) is 15.6. The number of anilines is 1. The highest BCUT2D eigenvalue weighted by Crippen LogP contribution is 2.30. The first kappa shape index (κ1) is 9.40. The van der Waals surface area contributed by atoms with Crippen LogP contribution < -0.4 is 4.90 Å². The molecule has 76 valence electrons. The lowest BCUT2D eigenvalue weighted by atomic mass is 10.2. The zero-order valence-electron chi connectivity index (χ0n) is 8.07. The topological polar surface area (TPSA) is 36.4 Å². The predicted octanol–water partition coefficient (Wildman–Crippen LogP) is 1.31. The van der Waals surface area contributed by atoms with Gasteiger partial charge < -0.3 is 10.0 Å². The summed E-state index contributed by atoms with van der Waals surface area (Å²) in [5.41, 5.74) is 0.308. The highest BCUT2D eigenvalue weighted by Gasteiger charge is 2.29. The fourth-order valence-electron chi connectivity index (χ4n) is 1.47. The number of aromatic nitrogens is 1. The van der Waals surface area contributed by atoms with Crippen LogP contribution in [0.2, 0.25) is 0 Å². The van der Waals surface area contributed by atoms with Gasteiger partial charge in [0, 0.05) is 24.8 Å². The van der Waals surface area contributed by atoms with E-state index in [4.69, 9.17) is 5.11 Å². The largest absolute Gasteiger partial charge is 0.392 e. The number of aliphatic hydroxyl groups is 1. The molecule has 3 nitrogen and oxygen atoms in total. The highest BCUT2D eigenvalue weighted by molar-refractivity contribution is 5.44. The molecule has 4 heteroatoms. The smallest absolute Gasteiger partial charge is 0.171 e. The number of aliphatic hydroxyl groups excluding tert-OH is 1. The van der Waals surface area contributed by atoms with Gasteiger partial charge in [0.05, 0.1) is 6.61 Å². The second-order valence-corrected chi connectivity index (χ2v) is 3.61. The first-order chi connectivity index (χ1) is 6.74. The van der Waals surface area contributed by atoms with Gasteiger partial charge >= 0.3 is 0 Å². The van der Waals surface area contributed by atoms with Crippen LogP contribution in [-0.2, 0) is 6.61 Å². The lowest BCUT2D eigenvalue weighted by Gasteiger charge is -2.18. The van der Waals surface area contributed by atoms with Crippen molar-refractivity contribution in [2.24, 2.45) is 0 Å². The van der Waals surface area contributed by atoms with Crippen molar-refractivity contribution in [3.8, 4) is 0 Å². The standard InChI is InChI=1S/C10H13FN2O/c1-13(8-2-3-8)10-9(11)7(6-14)4-5-12-10/h4-5,8,14H,2-3,6H2,1H3. The average molecular weight is 196 g/mol. The molecule has 0 aromatic carbocycles. The summed E-state index contributed by atoms with van der Waals surface area (Å²) in [7, 11) is 1.84. The maximum atomic E-state index is 13.6. The van der Waals surface area contributed by atoms with Crippen molar-refractivity contribution < 1.29 is 9.50 Å². The number of nitrogens with zero attached hydrogens (tertiary/aromatic N) is 2. The fraction of sp³-hybridized carbons (Fsp3) is 0.500. The molecule has 1 N–H and O–H groups in total. The van der Waals surface area contributed by atoms with E-state index in [0.29, 0.717) is 17.4 Å². The molecule has 1 saturated carbocycles. The summed E-state index contributed by atoms with van der Waals surface area (Å²) in [5, 5.41) is 8.89. The van der Waals surface area contributed by atoms with Gasteiger partial charge in [-0.15, -0.1) is 0 Å². The second-order valence-electron chi connectivity index (χ2n) is 3.61. The van der Waals surface area contributed by atoms with Crippen molar-refractivity contribution in [2.75, 3.05) is 11.9 Å². The van der Waals surface area contributed by atoms with E-state index in [-0.39, 0.29) is 6.61 Å². The van der Waals surface area contributed by atoms with Gasteiger partial charge in [-0.3, -0.25) is 0 Å². The van der Waals surface area contributed by atoms with Crippen LogP contribution in [0.25, 0.3) is 0 Å². The van der Waals surface area contributed by atoms with Gasteiger partial charge in [0.2, 0.25) is 0 Å². The Hall–Kier alpha value is -1.16. The van der Waals surface area contributed by atoms with Crippen LogP contribution in [0.5, 0.6) is 0 Å². The average Bonchev–Trinajstić information content (AvgIpc) is 3.00. The van der Waals surface area contributed by atoms with Crippen LogP contribution in [0.3, 0.4) is 0 Å². The first-order valence-electron chi connectivity index (χ1n) is 4.71. The summed E-state index contributed by atoms with van der Waals surface area (Å²) >= 11 is 0. The number of pyridine rings is 1. The van der Waals surface area contributed by atoms with Gasteiger partial charge in [-0.25, -0.2) is 9.37 Å². The van der Waals surface area contributed by atoms with Crippen LogP contribution in [0.4, 0.5) is 10.2 Å². The van der Waals surface area contributed by atoms with Gasteiger partial charge in [0.15, 0.2) is 11.6 Å². The minimum Gasteiger partial charge on any atom is -0.392 e. The Kier molecular flexibility index (Phi) is 2.37. The molecule has 0 amide bonds. The van der Waals surface area contributed by atoms with Gasteiger partial charge in [-0.1, -0.05) is 0 Å². The number of hydrogen-bond donors (Lipinski definition) is 1. The Morgan fingerprint density at radius 3 is 2.93 bits per heavy atom. The third kappa shape index (κ3) is 1.57. The van der Waals surface area contributed by atoms with Gasteiger partial charge in [0.1, 0.15) is 0 Å². The lowest BCUT2D eigenvalue weighted by molar-refractivity contribution is 0.275. The molecule has 1 aliphatic carbocycles. The van der Waals surface area contributed by atoms with Crippen LogP contribution in [-0.4, -0.2) is 23.2 Å². The molecule has 0 radical (unpaired) electrons. The van der Waals surface area contributed by atoms with Gasteiger partial charge in [-0.2, -0.15) is 0 Å². The van der Waals surface area contributed by atoms with E-state index in [1.54, 1.807) is 0 Å². The fourth-order valence-corrected chi connectivity index (χ4v) is 1.47. The molecule has 0 bridgehead atoms. The quantitative estimate of drug-likeness (QED) is 0.791. The van der Waals surface area contributed by atoms with Crippen LogP contribution in [0.1, 0.15) is 18.4 Å². The Balaban J connectivity index is 2.31. The summed E-state index contributed by atoms with van der Waals surface area (Å²) in [6.45, 7) is -0.278. The number of halogens is 1. The van der Waals surface area contributed by atoms with E-state index in [2.05, 4.69) is 4.98 Å². The molecule has 0 aliphatic heterocycles. The van der Waals surface area contributed by atoms with Crippen molar-refractivity contribution in [3.05, 3.63) is 23.6 Å². The van der Waals surface area contributed by atoms with Crippen molar-refractivity contribution >= 4 is 5.82 Å². The van der Waals surface area contributed by atoms with E-state index >= 15 is 0 Å². The lowest BCUT2D eigenvalue weighted by Crippen LogP contribution is -2.22.